The molecule has 0 radical (unpaired) electrons. The summed E-state index contributed by atoms with van der Waals surface area (Å²) in [4.78, 5) is 12.3. The Kier molecular flexibility index (Phi) is 5.86. The maximum atomic E-state index is 12.3. The maximum Gasteiger partial charge on any atom is 0.257 e. The average Bonchev–Trinajstić information content (AvgIpc) is 3.20. The van der Waals surface area contributed by atoms with Gasteiger partial charge in [-0.3, -0.25) is 4.79 Å². The summed E-state index contributed by atoms with van der Waals surface area (Å²) in [6.45, 7) is 0.287. The minimum Gasteiger partial charge on any atom is -0.619 e. The summed E-state index contributed by atoms with van der Waals surface area (Å²) in [6, 6.07) is 12.5. The van der Waals surface area contributed by atoms with Crippen LogP contribution in [0.3, 0.4) is 0 Å². The molecule has 31 heavy (non-hydrogen) atoms. The van der Waals surface area contributed by atoms with E-state index in [1.165, 1.54) is 18.5 Å². The molecule has 0 saturated carbocycles. The molecule has 7 nitrogen and oxygen atoms in total. The maximum absolute atomic E-state index is 12.3. The highest BCUT2D eigenvalue weighted by molar-refractivity contribution is 6.32. The monoisotopic (exact) mass is 440 g/mol. The molecule has 0 unspecified atom stereocenters. The highest BCUT2D eigenvalue weighted by Gasteiger charge is 2.27. The van der Waals surface area contributed by atoms with Crippen molar-refractivity contribution in [1.29, 1.82) is 0 Å². The van der Waals surface area contributed by atoms with Crippen molar-refractivity contribution in [2.45, 2.75) is 12.5 Å². The third-order valence-corrected chi connectivity index (χ3v) is 5.38. The van der Waals surface area contributed by atoms with Crippen LogP contribution in [-0.4, -0.2) is 32.8 Å². The van der Waals surface area contributed by atoms with Crippen molar-refractivity contribution in [1.82, 2.24) is 5.32 Å². The first-order valence-corrected chi connectivity index (χ1v) is 10.0. The number of hydrogen-bond acceptors (Lipinski definition) is 5. The molecule has 1 amide bonds. The average molecular weight is 441 g/mol. The summed E-state index contributed by atoms with van der Waals surface area (Å²) < 4.78 is 17.4. The first-order chi connectivity index (χ1) is 15.0. The van der Waals surface area contributed by atoms with Crippen LogP contribution in [0.15, 0.2) is 54.9 Å². The van der Waals surface area contributed by atoms with Crippen LogP contribution in [0, 0.1) is 5.21 Å². The van der Waals surface area contributed by atoms with Gasteiger partial charge in [0.05, 0.1) is 25.8 Å². The van der Waals surface area contributed by atoms with Crippen LogP contribution in [0.2, 0.25) is 5.02 Å². The van der Waals surface area contributed by atoms with Crippen molar-refractivity contribution < 1.29 is 23.7 Å². The number of carbonyl (C=O) groups is 1. The van der Waals surface area contributed by atoms with Crippen molar-refractivity contribution in [3.8, 4) is 28.4 Å². The SMILES string of the molecule is COc1ccc(OC)c(-c2cc(Cl)c3c(c2)C[C@@H](CNC(=O)c2ccc[n+]([O-])c2)O3)c1. The fourth-order valence-electron chi connectivity index (χ4n) is 3.59. The van der Waals surface area contributed by atoms with E-state index in [2.05, 4.69) is 5.32 Å². The van der Waals surface area contributed by atoms with Gasteiger partial charge in [0, 0.05) is 23.6 Å². The van der Waals surface area contributed by atoms with Crippen LogP contribution < -0.4 is 24.3 Å². The predicted octanol–water partition coefficient (Wildman–Crippen LogP) is 3.39. The van der Waals surface area contributed by atoms with Gasteiger partial charge in [0.2, 0.25) is 0 Å². The first kappa shape index (κ1) is 20.8. The van der Waals surface area contributed by atoms with Crippen LogP contribution in [0.5, 0.6) is 17.2 Å². The van der Waals surface area contributed by atoms with E-state index >= 15 is 0 Å². The first-order valence-electron chi connectivity index (χ1n) is 9.67. The molecule has 0 saturated heterocycles. The Hall–Kier alpha value is -3.45. The van der Waals surface area contributed by atoms with E-state index in [0.717, 1.165) is 16.7 Å². The van der Waals surface area contributed by atoms with Crippen molar-refractivity contribution in [2.75, 3.05) is 20.8 Å². The third kappa shape index (κ3) is 4.36. The van der Waals surface area contributed by atoms with E-state index in [9.17, 15) is 10.0 Å². The number of nitrogens with zero attached hydrogens (tertiary/aromatic N) is 1. The lowest BCUT2D eigenvalue weighted by molar-refractivity contribution is -0.605. The van der Waals surface area contributed by atoms with Crippen LogP contribution in [0.1, 0.15) is 15.9 Å². The van der Waals surface area contributed by atoms with E-state index < -0.39 is 0 Å². The number of benzene rings is 2. The van der Waals surface area contributed by atoms with Gasteiger partial charge in [-0.15, -0.1) is 0 Å². The summed E-state index contributed by atoms with van der Waals surface area (Å²) in [5.41, 5.74) is 2.98. The summed E-state index contributed by atoms with van der Waals surface area (Å²) in [5.74, 6) is 1.70. The second kappa shape index (κ2) is 8.73. The Morgan fingerprint density at radius 1 is 1.26 bits per heavy atom. The number of amides is 1. The van der Waals surface area contributed by atoms with Gasteiger partial charge in [0.25, 0.3) is 5.91 Å². The minimum absolute atomic E-state index is 0.262. The lowest BCUT2D eigenvalue weighted by atomic mass is 9.99. The van der Waals surface area contributed by atoms with Gasteiger partial charge < -0.3 is 24.7 Å². The molecule has 1 aliphatic rings. The van der Waals surface area contributed by atoms with E-state index in [0.29, 0.717) is 39.0 Å². The van der Waals surface area contributed by atoms with Crippen LogP contribution in [-0.2, 0) is 6.42 Å². The number of rotatable bonds is 6. The zero-order valence-electron chi connectivity index (χ0n) is 17.1. The van der Waals surface area contributed by atoms with Gasteiger partial charge >= 0.3 is 0 Å². The smallest absolute Gasteiger partial charge is 0.257 e. The molecule has 3 aromatic rings. The third-order valence-electron chi connectivity index (χ3n) is 5.10. The van der Waals surface area contributed by atoms with Crippen molar-refractivity contribution in [2.24, 2.45) is 0 Å². The summed E-state index contributed by atoms with van der Waals surface area (Å²) >= 11 is 6.51. The molecule has 2 heterocycles. The Bertz CT molecular complexity index is 1130. The number of pyridine rings is 1. The molecule has 8 heteroatoms. The Labute approximate surface area is 184 Å². The van der Waals surface area contributed by atoms with Gasteiger partial charge in [-0.2, -0.15) is 4.73 Å². The highest BCUT2D eigenvalue weighted by Crippen LogP contribution is 2.42. The van der Waals surface area contributed by atoms with Gasteiger partial charge in [0.1, 0.15) is 28.9 Å². The van der Waals surface area contributed by atoms with E-state index in [1.807, 2.05) is 30.3 Å². The second-order valence-electron chi connectivity index (χ2n) is 7.12. The van der Waals surface area contributed by atoms with Gasteiger partial charge in [-0.05, 0) is 42.0 Å². The molecule has 0 aliphatic carbocycles. The zero-order chi connectivity index (χ0) is 22.0. The molecular formula is C23H21ClN2O5. The summed E-state index contributed by atoms with van der Waals surface area (Å²) in [5, 5.41) is 14.7. The largest absolute Gasteiger partial charge is 0.619 e. The lowest BCUT2D eigenvalue weighted by Crippen LogP contribution is -2.36. The fourth-order valence-corrected chi connectivity index (χ4v) is 3.88. The highest BCUT2D eigenvalue weighted by atomic mass is 35.5. The lowest BCUT2D eigenvalue weighted by Gasteiger charge is -2.13. The molecule has 160 valence electrons. The number of ether oxygens (including phenoxy) is 3. The van der Waals surface area contributed by atoms with Crippen molar-refractivity contribution >= 4 is 17.5 Å². The molecule has 4 rings (SSSR count). The topological polar surface area (TPSA) is 83.7 Å². The number of nitrogens with one attached hydrogen (secondary N) is 1. The zero-order valence-corrected chi connectivity index (χ0v) is 17.8. The minimum atomic E-state index is -0.336. The van der Waals surface area contributed by atoms with Gasteiger partial charge in [0.15, 0.2) is 12.4 Å². The van der Waals surface area contributed by atoms with E-state index in [1.54, 1.807) is 20.3 Å². The molecule has 0 fully saturated rings. The molecule has 1 aliphatic heterocycles. The van der Waals surface area contributed by atoms with E-state index in [-0.39, 0.29) is 18.6 Å². The predicted molar refractivity (Wildman–Crippen MR) is 116 cm³/mol. The number of hydrogen-bond donors (Lipinski definition) is 1. The quantitative estimate of drug-likeness (QED) is 0.469. The van der Waals surface area contributed by atoms with Crippen LogP contribution in [0.4, 0.5) is 0 Å². The molecular weight excluding hydrogens is 420 g/mol. The molecule has 0 spiro atoms. The summed E-state index contributed by atoms with van der Waals surface area (Å²) in [7, 11) is 3.23. The second-order valence-corrected chi connectivity index (χ2v) is 7.53. The molecule has 1 N–H and O–H groups in total. The normalized spacial score (nSPS) is 14.5. The molecule has 1 aromatic heterocycles. The van der Waals surface area contributed by atoms with Gasteiger partial charge in [-0.1, -0.05) is 11.6 Å². The Morgan fingerprint density at radius 2 is 2.10 bits per heavy atom. The number of halogens is 1. The Balaban J connectivity index is 1.51. The van der Waals surface area contributed by atoms with Crippen molar-refractivity contribution in [3.05, 3.63) is 76.2 Å². The van der Waals surface area contributed by atoms with E-state index in [4.69, 9.17) is 25.8 Å². The Morgan fingerprint density at radius 3 is 2.84 bits per heavy atom. The molecule has 1 atom stereocenters. The van der Waals surface area contributed by atoms with Gasteiger partial charge in [-0.25, -0.2) is 0 Å². The number of aromatic nitrogens is 1. The number of methoxy groups -OCH3 is 2. The number of carbonyl (C=O) groups excluding carboxylic acids is 1. The van der Waals surface area contributed by atoms with Crippen molar-refractivity contribution in [3.63, 3.8) is 0 Å². The fraction of sp³-hybridized carbons (Fsp3) is 0.217. The molecule has 0 bridgehead atoms. The van der Waals surface area contributed by atoms with Crippen LogP contribution in [0.25, 0.3) is 11.1 Å². The van der Waals surface area contributed by atoms with Crippen LogP contribution >= 0.6 is 11.6 Å². The summed E-state index contributed by atoms with van der Waals surface area (Å²) in [6.07, 6.45) is 2.88. The standard InChI is InChI=1S/C23H21ClN2O5/c1-29-17-5-6-21(30-2)19(11-17)15-8-16-9-18(31-22(16)20(24)10-15)12-25-23(27)14-4-3-7-26(28)13-14/h3-8,10-11,13,18H,9,12H2,1-2H3,(H,25,27)/t18-/m0/s1. The number of fused-ring (bicyclic) bond motifs is 1. The molecule has 2 aromatic carbocycles.